The number of aromatic nitrogens is 3. The highest BCUT2D eigenvalue weighted by atomic mass is 16.6. The minimum Gasteiger partial charge on any atom is -0.337 e. The fourth-order valence-electron chi connectivity index (χ4n) is 2.87. The topological polar surface area (TPSA) is 94.2 Å². The van der Waals surface area contributed by atoms with Gasteiger partial charge in [0.2, 0.25) is 0 Å². The van der Waals surface area contributed by atoms with Gasteiger partial charge >= 0.3 is 0 Å². The van der Waals surface area contributed by atoms with Gasteiger partial charge in [0.25, 0.3) is 11.6 Å². The van der Waals surface area contributed by atoms with Crippen LogP contribution in [-0.4, -0.2) is 43.8 Å². The van der Waals surface area contributed by atoms with Gasteiger partial charge in [0.15, 0.2) is 5.69 Å². The number of nitro benzene ring substituents is 1. The molecular weight excluding hydrogens is 310 g/mol. The zero-order chi connectivity index (χ0) is 17.3. The normalized spacial score (nSPS) is 15.5. The lowest BCUT2D eigenvalue weighted by molar-refractivity contribution is -0.384. The smallest absolute Gasteiger partial charge is 0.276 e. The van der Waals surface area contributed by atoms with Gasteiger partial charge in [0.05, 0.1) is 16.3 Å². The van der Waals surface area contributed by atoms with Crippen LogP contribution in [0.2, 0.25) is 0 Å². The first-order valence-corrected chi connectivity index (χ1v) is 7.93. The fourth-order valence-corrected chi connectivity index (χ4v) is 2.87. The Morgan fingerprint density at radius 2 is 2.04 bits per heavy atom. The molecule has 1 aromatic heterocycles. The molecule has 0 radical (unpaired) electrons. The molecule has 8 nitrogen and oxygen atoms in total. The van der Waals surface area contributed by atoms with E-state index in [1.54, 1.807) is 24.0 Å². The van der Waals surface area contributed by atoms with Gasteiger partial charge in [-0.15, -0.1) is 5.10 Å². The molecule has 1 aliphatic heterocycles. The van der Waals surface area contributed by atoms with E-state index >= 15 is 0 Å². The molecule has 0 bridgehead atoms. The number of amides is 1. The Hall–Kier alpha value is -2.77. The van der Waals surface area contributed by atoms with Crippen LogP contribution in [0.1, 0.15) is 35.9 Å². The zero-order valence-corrected chi connectivity index (χ0v) is 13.7. The predicted octanol–water partition coefficient (Wildman–Crippen LogP) is 2.36. The van der Waals surface area contributed by atoms with E-state index in [2.05, 4.69) is 17.2 Å². The van der Waals surface area contributed by atoms with Gasteiger partial charge in [-0.1, -0.05) is 18.2 Å². The van der Waals surface area contributed by atoms with Gasteiger partial charge < -0.3 is 4.90 Å². The number of carbonyl (C=O) groups excluding carboxylic acids is 1. The lowest BCUT2D eigenvalue weighted by Crippen LogP contribution is -2.38. The number of benzene rings is 1. The van der Waals surface area contributed by atoms with E-state index in [4.69, 9.17) is 0 Å². The Bertz CT molecular complexity index is 778. The summed E-state index contributed by atoms with van der Waals surface area (Å²) in [6.45, 7) is 5.39. The Morgan fingerprint density at radius 1 is 1.33 bits per heavy atom. The number of nitro groups is 1. The molecule has 0 aliphatic carbocycles. The Kier molecular flexibility index (Phi) is 4.28. The maximum absolute atomic E-state index is 12.6. The minimum absolute atomic E-state index is 0.0275. The summed E-state index contributed by atoms with van der Waals surface area (Å²) in [5, 5.41) is 18.9. The van der Waals surface area contributed by atoms with Crippen molar-refractivity contribution in [1.82, 2.24) is 19.9 Å². The number of hydrogen-bond donors (Lipinski definition) is 0. The van der Waals surface area contributed by atoms with Gasteiger partial charge in [0, 0.05) is 25.2 Å². The molecule has 1 aromatic carbocycles. The number of piperidine rings is 1. The number of carbonyl (C=O) groups is 1. The van der Waals surface area contributed by atoms with Crippen molar-refractivity contribution < 1.29 is 9.72 Å². The van der Waals surface area contributed by atoms with Crippen molar-refractivity contribution in [2.24, 2.45) is 5.92 Å². The third kappa shape index (κ3) is 2.99. The first-order valence-electron chi connectivity index (χ1n) is 7.93. The van der Waals surface area contributed by atoms with Crippen LogP contribution in [0.5, 0.6) is 0 Å². The van der Waals surface area contributed by atoms with E-state index in [0.717, 1.165) is 25.9 Å². The highest BCUT2D eigenvalue weighted by Gasteiger charge is 2.26. The van der Waals surface area contributed by atoms with E-state index in [-0.39, 0.29) is 11.6 Å². The number of hydrogen-bond acceptors (Lipinski definition) is 5. The summed E-state index contributed by atoms with van der Waals surface area (Å²) in [6.07, 6.45) is 1.98. The van der Waals surface area contributed by atoms with Crippen molar-refractivity contribution in [3.63, 3.8) is 0 Å². The second-order valence-electron chi connectivity index (χ2n) is 6.19. The van der Waals surface area contributed by atoms with Gasteiger partial charge in [-0.3, -0.25) is 14.9 Å². The largest absolute Gasteiger partial charge is 0.337 e. The molecule has 1 amide bonds. The first-order chi connectivity index (χ1) is 11.5. The average Bonchev–Trinajstić information content (AvgIpc) is 2.96. The molecule has 2 aromatic rings. The maximum Gasteiger partial charge on any atom is 0.276 e. The van der Waals surface area contributed by atoms with Crippen molar-refractivity contribution in [1.29, 1.82) is 0 Å². The SMILES string of the molecule is Cc1c(C(=O)N2CCC(C)CC2)nnn1-c1cccc([N+](=O)[O-])c1. The summed E-state index contributed by atoms with van der Waals surface area (Å²) in [7, 11) is 0. The van der Waals surface area contributed by atoms with Gasteiger partial charge in [-0.2, -0.15) is 0 Å². The first kappa shape index (κ1) is 16.1. The molecular formula is C16H19N5O3. The number of non-ortho nitro benzene ring substituents is 1. The summed E-state index contributed by atoms with van der Waals surface area (Å²) in [6, 6.07) is 6.11. The van der Waals surface area contributed by atoms with Gasteiger partial charge in [-0.25, -0.2) is 4.68 Å². The third-order valence-corrected chi connectivity index (χ3v) is 4.45. The second kappa shape index (κ2) is 6.38. The quantitative estimate of drug-likeness (QED) is 0.636. The van der Waals surface area contributed by atoms with E-state index in [1.165, 1.54) is 16.8 Å². The van der Waals surface area contributed by atoms with Crippen LogP contribution in [0.15, 0.2) is 24.3 Å². The van der Waals surface area contributed by atoms with Crippen LogP contribution >= 0.6 is 0 Å². The highest BCUT2D eigenvalue weighted by molar-refractivity contribution is 5.93. The van der Waals surface area contributed by atoms with Crippen LogP contribution in [0.3, 0.4) is 0 Å². The molecule has 0 spiro atoms. The van der Waals surface area contributed by atoms with Crippen LogP contribution < -0.4 is 0 Å². The molecule has 0 saturated carbocycles. The Morgan fingerprint density at radius 3 is 2.71 bits per heavy atom. The van der Waals surface area contributed by atoms with Crippen molar-refractivity contribution in [2.75, 3.05) is 13.1 Å². The highest BCUT2D eigenvalue weighted by Crippen LogP contribution is 2.21. The second-order valence-corrected chi connectivity index (χ2v) is 6.19. The zero-order valence-electron chi connectivity index (χ0n) is 13.7. The molecule has 1 saturated heterocycles. The van der Waals surface area contributed by atoms with Crippen molar-refractivity contribution in [3.05, 3.63) is 45.8 Å². The number of nitrogens with zero attached hydrogens (tertiary/aromatic N) is 5. The molecule has 8 heteroatoms. The average molecular weight is 329 g/mol. The van der Waals surface area contributed by atoms with Gasteiger partial charge in [-0.05, 0) is 31.7 Å². The molecule has 24 heavy (non-hydrogen) atoms. The molecule has 1 fully saturated rings. The van der Waals surface area contributed by atoms with Crippen molar-refractivity contribution >= 4 is 11.6 Å². The number of likely N-dealkylation sites (tertiary alicyclic amines) is 1. The molecule has 3 rings (SSSR count). The lowest BCUT2D eigenvalue weighted by atomic mass is 9.99. The van der Waals surface area contributed by atoms with Crippen molar-refractivity contribution in [3.8, 4) is 5.69 Å². The summed E-state index contributed by atoms with van der Waals surface area (Å²) < 4.78 is 1.47. The summed E-state index contributed by atoms with van der Waals surface area (Å²) in [5.74, 6) is 0.506. The number of rotatable bonds is 3. The summed E-state index contributed by atoms with van der Waals surface area (Å²) in [5.41, 5.74) is 1.37. The van der Waals surface area contributed by atoms with Crippen LogP contribution in [0.4, 0.5) is 5.69 Å². The van der Waals surface area contributed by atoms with Crippen LogP contribution in [0.25, 0.3) is 5.69 Å². The molecule has 1 aliphatic rings. The Balaban J connectivity index is 1.87. The van der Waals surface area contributed by atoms with E-state index < -0.39 is 4.92 Å². The molecule has 126 valence electrons. The molecule has 0 N–H and O–H groups in total. The summed E-state index contributed by atoms with van der Waals surface area (Å²) in [4.78, 5) is 24.9. The predicted molar refractivity (Wildman–Crippen MR) is 87.1 cm³/mol. The van der Waals surface area contributed by atoms with Crippen molar-refractivity contribution in [2.45, 2.75) is 26.7 Å². The van der Waals surface area contributed by atoms with E-state index in [9.17, 15) is 14.9 Å². The minimum atomic E-state index is -0.462. The summed E-state index contributed by atoms with van der Waals surface area (Å²) >= 11 is 0. The molecule has 2 heterocycles. The monoisotopic (exact) mass is 329 g/mol. The lowest BCUT2D eigenvalue weighted by Gasteiger charge is -2.29. The van der Waals surface area contributed by atoms with E-state index in [1.807, 2.05) is 0 Å². The fraction of sp³-hybridized carbons (Fsp3) is 0.438. The van der Waals surface area contributed by atoms with E-state index in [0.29, 0.717) is 23.0 Å². The van der Waals surface area contributed by atoms with Crippen LogP contribution in [0, 0.1) is 23.0 Å². The standard InChI is InChI=1S/C16H19N5O3/c1-11-6-8-19(9-7-11)16(22)15-12(2)20(18-17-15)13-4-3-5-14(10-13)21(23)24/h3-5,10-11H,6-9H2,1-2H3. The maximum atomic E-state index is 12.6. The Labute approximate surface area is 139 Å². The third-order valence-electron chi connectivity index (χ3n) is 4.45. The van der Waals surface area contributed by atoms with Gasteiger partial charge in [0.1, 0.15) is 0 Å². The van der Waals surface area contributed by atoms with Crippen LogP contribution in [-0.2, 0) is 0 Å². The molecule has 0 unspecified atom stereocenters. The molecule has 0 atom stereocenters.